The van der Waals surface area contributed by atoms with E-state index in [1.54, 1.807) is 6.07 Å². The SMILES string of the molecule is Nc1nc2ccc(F)cc2n1C1CCCNC1. The number of hydrogen-bond donors (Lipinski definition) is 2. The fourth-order valence-electron chi connectivity index (χ4n) is 2.52. The number of benzene rings is 1. The number of anilines is 1. The maximum Gasteiger partial charge on any atom is 0.201 e. The molecule has 1 saturated heterocycles. The first-order valence-corrected chi connectivity index (χ1v) is 5.89. The summed E-state index contributed by atoms with van der Waals surface area (Å²) in [5.74, 6) is 0.224. The minimum Gasteiger partial charge on any atom is -0.369 e. The van der Waals surface area contributed by atoms with Crippen LogP contribution in [0.2, 0.25) is 0 Å². The highest BCUT2D eigenvalue weighted by Gasteiger charge is 2.20. The summed E-state index contributed by atoms with van der Waals surface area (Å²) in [6.07, 6.45) is 2.16. The first-order chi connectivity index (χ1) is 8.25. The topological polar surface area (TPSA) is 55.9 Å². The lowest BCUT2D eigenvalue weighted by molar-refractivity contribution is 0.381. The Morgan fingerprint density at radius 3 is 3.12 bits per heavy atom. The number of halogens is 1. The molecule has 0 spiro atoms. The summed E-state index contributed by atoms with van der Waals surface area (Å²) in [4.78, 5) is 4.28. The van der Waals surface area contributed by atoms with Gasteiger partial charge in [0.2, 0.25) is 5.95 Å². The van der Waals surface area contributed by atoms with E-state index in [9.17, 15) is 4.39 Å². The number of nitrogens with zero attached hydrogens (tertiary/aromatic N) is 2. The molecule has 90 valence electrons. The Kier molecular flexibility index (Phi) is 2.48. The number of nitrogens with one attached hydrogen (secondary N) is 1. The number of nitrogens with two attached hydrogens (primary N) is 1. The van der Waals surface area contributed by atoms with E-state index in [1.165, 1.54) is 12.1 Å². The van der Waals surface area contributed by atoms with Gasteiger partial charge in [-0.15, -0.1) is 0 Å². The molecule has 5 heteroatoms. The van der Waals surface area contributed by atoms with Crippen LogP contribution in [0.1, 0.15) is 18.9 Å². The summed E-state index contributed by atoms with van der Waals surface area (Å²) in [5.41, 5.74) is 7.48. The van der Waals surface area contributed by atoms with Crippen LogP contribution >= 0.6 is 0 Å². The van der Waals surface area contributed by atoms with Gasteiger partial charge in [-0.1, -0.05) is 0 Å². The molecule has 2 heterocycles. The number of piperidine rings is 1. The molecule has 4 nitrogen and oxygen atoms in total. The second kappa shape index (κ2) is 4.00. The standard InChI is InChI=1S/C12H15FN4/c13-8-3-4-10-11(6-8)17(12(14)16-10)9-2-1-5-15-7-9/h3-4,6,9,15H,1-2,5,7H2,(H2,14,16). The fourth-order valence-corrected chi connectivity index (χ4v) is 2.52. The van der Waals surface area contributed by atoms with E-state index in [0.717, 1.165) is 37.0 Å². The van der Waals surface area contributed by atoms with Crippen LogP contribution in [0, 0.1) is 5.82 Å². The summed E-state index contributed by atoms with van der Waals surface area (Å²) >= 11 is 0. The van der Waals surface area contributed by atoms with E-state index >= 15 is 0 Å². The minimum absolute atomic E-state index is 0.248. The van der Waals surface area contributed by atoms with Gasteiger partial charge >= 0.3 is 0 Å². The lowest BCUT2D eigenvalue weighted by atomic mass is 10.1. The number of fused-ring (bicyclic) bond motifs is 1. The third-order valence-corrected chi connectivity index (χ3v) is 3.31. The van der Waals surface area contributed by atoms with Crippen LogP contribution in [0.3, 0.4) is 0 Å². The van der Waals surface area contributed by atoms with Crippen LogP contribution in [0.15, 0.2) is 18.2 Å². The quantitative estimate of drug-likeness (QED) is 0.789. The van der Waals surface area contributed by atoms with Crippen molar-refractivity contribution >= 4 is 17.0 Å². The van der Waals surface area contributed by atoms with Crippen molar-refractivity contribution in [1.82, 2.24) is 14.9 Å². The maximum atomic E-state index is 13.3. The van der Waals surface area contributed by atoms with Gasteiger partial charge in [-0.25, -0.2) is 9.37 Å². The van der Waals surface area contributed by atoms with Gasteiger partial charge in [0.05, 0.1) is 11.0 Å². The van der Waals surface area contributed by atoms with E-state index in [4.69, 9.17) is 5.73 Å². The zero-order valence-corrected chi connectivity index (χ0v) is 9.49. The van der Waals surface area contributed by atoms with Gasteiger partial charge in [0.15, 0.2) is 0 Å². The van der Waals surface area contributed by atoms with Crippen molar-refractivity contribution in [2.75, 3.05) is 18.8 Å². The number of rotatable bonds is 1. The predicted molar refractivity (Wildman–Crippen MR) is 65.2 cm³/mol. The summed E-state index contributed by atoms with van der Waals surface area (Å²) in [6.45, 7) is 1.91. The number of hydrogen-bond acceptors (Lipinski definition) is 3. The fraction of sp³-hybridized carbons (Fsp3) is 0.417. The normalized spacial score (nSPS) is 20.9. The van der Waals surface area contributed by atoms with Crippen molar-refractivity contribution in [1.29, 1.82) is 0 Å². The second-order valence-electron chi connectivity index (χ2n) is 4.47. The Morgan fingerprint density at radius 1 is 1.47 bits per heavy atom. The highest BCUT2D eigenvalue weighted by atomic mass is 19.1. The third kappa shape index (κ3) is 1.76. The van der Waals surface area contributed by atoms with Crippen LogP contribution in [0.4, 0.5) is 10.3 Å². The van der Waals surface area contributed by atoms with Gasteiger partial charge in [0.1, 0.15) is 5.82 Å². The smallest absolute Gasteiger partial charge is 0.201 e. The molecule has 1 aliphatic heterocycles. The van der Waals surface area contributed by atoms with Crippen molar-refractivity contribution in [3.63, 3.8) is 0 Å². The van der Waals surface area contributed by atoms with Gasteiger partial charge < -0.3 is 15.6 Å². The summed E-state index contributed by atoms with van der Waals surface area (Å²) < 4.78 is 15.2. The molecule has 3 N–H and O–H groups in total. The van der Waals surface area contributed by atoms with Gasteiger partial charge in [-0.05, 0) is 37.6 Å². The largest absolute Gasteiger partial charge is 0.369 e. The highest BCUT2D eigenvalue weighted by Crippen LogP contribution is 2.27. The zero-order chi connectivity index (χ0) is 11.8. The van der Waals surface area contributed by atoms with E-state index in [1.807, 2.05) is 4.57 Å². The Bertz CT molecular complexity index is 543. The van der Waals surface area contributed by atoms with Crippen LogP contribution in [-0.2, 0) is 0 Å². The predicted octanol–water partition coefficient (Wildman–Crippen LogP) is 1.68. The number of nitrogen functional groups attached to an aromatic ring is 1. The molecule has 0 bridgehead atoms. The minimum atomic E-state index is -0.248. The zero-order valence-electron chi connectivity index (χ0n) is 9.49. The maximum absolute atomic E-state index is 13.3. The molecule has 17 heavy (non-hydrogen) atoms. The molecule has 3 rings (SSSR count). The van der Waals surface area contributed by atoms with E-state index in [0.29, 0.717) is 5.95 Å². The molecular weight excluding hydrogens is 219 g/mol. The average Bonchev–Trinajstić information content (AvgIpc) is 2.65. The molecule has 0 aliphatic carbocycles. The highest BCUT2D eigenvalue weighted by molar-refractivity contribution is 5.78. The summed E-state index contributed by atoms with van der Waals surface area (Å²) in [6, 6.07) is 4.87. The molecule has 1 aromatic carbocycles. The Morgan fingerprint density at radius 2 is 2.35 bits per heavy atom. The Balaban J connectivity index is 2.13. The molecule has 1 aliphatic rings. The van der Waals surface area contributed by atoms with Crippen molar-refractivity contribution < 1.29 is 4.39 Å². The Labute approximate surface area is 98.6 Å². The van der Waals surface area contributed by atoms with Crippen LogP contribution < -0.4 is 11.1 Å². The molecule has 1 aromatic heterocycles. The number of imidazole rings is 1. The third-order valence-electron chi connectivity index (χ3n) is 3.31. The van der Waals surface area contributed by atoms with Crippen molar-refractivity contribution in [3.8, 4) is 0 Å². The van der Waals surface area contributed by atoms with Crippen LogP contribution in [-0.4, -0.2) is 22.6 Å². The average molecular weight is 234 g/mol. The summed E-state index contributed by atoms with van der Waals surface area (Å²) in [7, 11) is 0. The molecule has 2 aromatic rings. The van der Waals surface area contributed by atoms with Gasteiger partial charge in [-0.2, -0.15) is 0 Å². The molecule has 1 fully saturated rings. The lowest BCUT2D eigenvalue weighted by Crippen LogP contribution is -2.32. The van der Waals surface area contributed by atoms with E-state index in [-0.39, 0.29) is 11.9 Å². The molecule has 0 amide bonds. The first kappa shape index (κ1) is 10.5. The van der Waals surface area contributed by atoms with Crippen LogP contribution in [0.25, 0.3) is 11.0 Å². The van der Waals surface area contributed by atoms with Gasteiger partial charge in [0, 0.05) is 12.6 Å². The van der Waals surface area contributed by atoms with Crippen molar-refractivity contribution in [2.45, 2.75) is 18.9 Å². The first-order valence-electron chi connectivity index (χ1n) is 5.89. The van der Waals surface area contributed by atoms with Crippen molar-refractivity contribution in [2.24, 2.45) is 0 Å². The molecular formula is C12H15FN4. The van der Waals surface area contributed by atoms with Gasteiger partial charge in [-0.3, -0.25) is 0 Å². The molecule has 1 atom stereocenters. The molecule has 1 unspecified atom stereocenters. The second-order valence-corrected chi connectivity index (χ2v) is 4.47. The van der Waals surface area contributed by atoms with Gasteiger partial charge in [0.25, 0.3) is 0 Å². The van der Waals surface area contributed by atoms with Crippen LogP contribution in [0.5, 0.6) is 0 Å². The lowest BCUT2D eigenvalue weighted by Gasteiger charge is -2.25. The molecule has 0 radical (unpaired) electrons. The van der Waals surface area contributed by atoms with E-state index in [2.05, 4.69) is 10.3 Å². The monoisotopic (exact) mass is 234 g/mol. The van der Waals surface area contributed by atoms with Crippen molar-refractivity contribution in [3.05, 3.63) is 24.0 Å². The Hall–Kier alpha value is -1.62. The molecule has 0 saturated carbocycles. The van der Waals surface area contributed by atoms with E-state index < -0.39 is 0 Å². The summed E-state index contributed by atoms with van der Waals surface area (Å²) in [5, 5.41) is 3.33. The number of aromatic nitrogens is 2.